The van der Waals surface area contributed by atoms with Crippen LogP contribution in [0.2, 0.25) is 0 Å². The number of alkyl halides is 2. The summed E-state index contributed by atoms with van der Waals surface area (Å²) in [4.78, 5) is 4.02. The second-order valence-electron chi connectivity index (χ2n) is 6.96. The zero-order valence-electron chi connectivity index (χ0n) is 17.3. The molecule has 0 aromatic heterocycles. The highest BCUT2D eigenvalue weighted by Crippen LogP contribution is 2.34. The van der Waals surface area contributed by atoms with Crippen molar-refractivity contribution in [2.45, 2.75) is 17.9 Å². The van der Waals surface area contributed by atoms with Crippen LogP contribution in [-0.4, -0.2) is 60.3 Å². The highest BCUT2D eigenvalue weighted by molar-refractivity contribution is 7.92. The number of hydrogen-bond donors (Lipinski definition) is 1. The maximum atomic E-state index is 12.9. The maximum Gasteiger partial charge on any atom is 0.387 e. The molecule has 0 aliphatic carbocycles. The molecule has 1 saturated heterocycles. The Labute approximate surface area is 187 Å². The van der Waals surface area contributed by atoms with Crippen molar-refractivity contribution in [2.24, 2.45) is 0 Å². The van der Waals surface area contributed by atoms with Crippen molar-refractivity contribution in [2.75, 3.05) is 50.0 Å². The monoisotopic (exact) mass is 477 g/mol. The van der Waals surface area contributed by atoms with Gasteiger partial charge in [-0.3, -0.25) is 4.72 Å². The number of benzene rings is 2. The Morgan fingerprint density at radius 2 is 1.77 bits per heavy atom. The highest BCUT2D eigenvalue weighted by atomic mass is 35.5. The van der Waals surface area contributed by atoms with Gasteiger partial charge in [-0.1, -0.05) is 12.1 Å². The van der Waals surface area contributed by atoms with Gasteiger partial charge >= 0.3 is 6.61 Å². The summed E-state index contributed by atoms with van der Waals surface area (Å²) >= 11 is 0. The zero-order valence-corrected chi connectivity index (χ0v) is 18.9. The molecule has 7 nitrogen and oxygen atoms in total. The number of nitrogens with one attached hydrogen (secondary N) is 1. The Kier molecular flexibility index (Phi) is 8.72. The molecule has 31 heavy (non-hydrogen) atoms. The smallest absolute Gasteiger partial charge is 0.387 e. The number of sulfonamides is 1. The Hall–Kier alpha value is -2.30. The Balaban J connectivity index is 0.00000341. The van der Waals surface area contributed by atoms with Crippen LogP contribution in [0, 0.1) is 0 Å². The lowest BCUT2D eigenvalue weighted by molar-refractivity contribution is -0.0517. The fourth-order valence-electron chi connectivity index (χ4n) is 3.36. The van der Waals surface area contributed by atoms with Gasteiger partial charge in [0.1, 0.15) is 16.4 Å². The lowest BCUT2D eigenvalue weighted by Gasteiger charge is -2.25. The van der Waals surface area contributed by atoms with E-state index in [1.165, 1.54) is 24.3 Å². The molecule has 0 spiro atoms. The van der Waals surface area contributed by atoms with E-state index in [4.69, 9.17) is 4.74 Å². The number of methoxy groups -OCH3 is 1. The quantitative estimate of drug-likeness (QED) is 0.656. The molecule has 1 heterocycles. The van der Waals surface area contributed by atoms with Crippen LogP contribution < -0.4 is 19.1 Å². The van der Waals surface area contributed by atoms with E-state index in [1.807, 2.05) is 0 Å². The molecule has 2 aromatic rings. The van der Waals surface area contributed by atoms with Gasteiger partial charge in [-0.2, -0.15) is 8.78 Å². The van der Waals surface area contributed by atoms with Crippen molar-refractivity contribution in [3.63, 3.8) is 0 Å². The predicted octanol–water partition coefficient (Wildman–Crippen LogP) is 3.66. The maximum absolute atomic E-state index is 12.9. The van der Waals surface area contributed by atoms with Crippen molar-refractivity contribution >= 4 is 33.8 Å². The van der Waals surface area contributed by atoms with Crippen LogP contribution in [0.4, 0.5) is 20.2 Å². The van der Waals surface area contributed by atoms with E-state index < -0.39 is 22.4 Å². The molecular weight excluding hydrogens is 452 g/mol. The number of anilines is 2. The SMILES string of the molecule is COc1ccc(NS(=O)(=O)c2ccccc2OC(F)F)cc1N1CCCN(C)CC1.Cl. The summed E-state index contributed by atoms with van der Waals surface area (Å²) in [6, 6.07) is 10.2. The van der Waals surface area contributed by atoms with Gasteiger partial charge in [-0.05, 0) is 50.3 Å². The topological polar surface area (TPSA) is 71.1 Å². The van der Waals surface area contributed by atoms with Gasteiger partial charge in [0.25, 0.3) is 10.0 Å². The Morgan fingerprint density at radius 3 is 2.48 bits per heavy atom. The zero-order chi connectivity index (χ0) is 21.7. The van der Waals surface area contributed by atoms with Crippen molar-refractivity contribution in [1.29, 1.82) is 0 Å². The van der Waals surface area contributed by atoms with Gasteiger partial charge in [-0.15, -0.1) is 12.4 Å². The van der Waals surface area contributed by atoms with Crippen molar-refractivity contribution in [3.05, 3.63) is 42.5 Å². The number of halogens is 3. The molecule has 11 heteroatoms. The fraction of sp³-hybridized carbons (Fsp3) is 0.400. The molecule has 0 bridgehead atoms. The molecule has 2 aromatic carbocycles. The van der Waals surface area contributed by atoms with Crippen LogP contribution in [0.1, 0.15) is 6.42 Å². The van der Waals surface area contributed by atoms with Gasteiger partial charge in [0, 0.05) is 19.6 Å². The average molecular weight is 478 g/mol. The third-order valence-corrected chi connectivity index (χ3v) is 6.27. The van der Waals surface area contributed by atoms with Crippen LogP contribution >= 0.6 is 12.4 Å². The van der Waals surface area contributed by atoms with Crippen LogP contribution in [0.3, 0.4) is 0 Å². The molecule has 0 unspecified atom stereocenters. The standard InChI is InChI=1S/C20H25F2N3O4S.ClH/c1-24-10-5-11-25(13-12-24)16-14-15(8-9-17(16)28-2)23-30(26,27)19-7-4-3-6-18(19)29-20(21)22;/h3-4,6-9,14,20,23H,5,10-13H2,1-2H3;1H. The molecule has 1 aliphatic heterocycles. The molecule has 0 amide bonds. The number of nitrogens with zero attached hydrogens (tertiary/aromatic N) is 2. The van der Waals surface area contributed by atoms with E-state index in [-0.39, 0.29) is 17.3 Å². The first-order valence-electron chi connectivity index (χ1n) is 9.48. The van der Waals surface area contributed by atoms with Crippen LogP contribution in [-0.2, 0) is 10.0 Å². The summed E-state index contributed by atoms with van der Waals surface area (Å²) in [5.41, 5.74) is 1.07. The van der Waals surface area contributed by atoms with E-state index in [0.29, 0.717) is 11.4 Å². The molecule has 1 aliphatic rings. The number of likely N-dealkylation sites (N-methyl/N-ethyl adjacent to an activating group) is 1. The van der Waals surface area contributed by atoms with Crippen LogP contribution in [0.15, 0.2) is 47.4 Å². The van der Waals surface area contributed by atoms with Crippen molar-refractivity contribution in [3.8, 4) is 11.5 Å². The second kappa shape index (κ2) is 10.8. The minimum atomic E-state index is -4.15. The van der Waals surface area contributed by atoms with Crippen molar-refractivity contribution < 1.29 is 26.7 Å². The van der Waals surface area contributed by atoms with E-state index in [9.17, 15) is 17.2 Å². The summed E-state index contributed by atoms with van der Waals surface area (Å²) < 4.78 is 63.3. The predicted molar refractivity (Wildman–Crippen MR) is 118 cm³/mol. The summed E-state index contributed by atoms with van der Waals surface area (Å²) in [6.07, 6.45) is 0.966. The molecular formula is C20H26ClF2N3O4S. The van der Waals surface area contributed by atoms with Gasteiger partial charge < -0.3 is 19.3 Å². The average Bonchev–Trinajstić information content (AvgIpc) is 2.92. The number of rotatable bonds is 7. The van der Waals surface area contributed by atoms with Crippen LogP contribution in [0.5, 0.6) is 11.5 Å². The molecule has 1 fully saturated rings. The summed E-state index contributed by atoms with van der Waals surface area (Å²) in [6.45, 7) is 0.301. The van der Waals surface area contributed by atoms with Gasteiger partial charge in [0.15, 0.2) is 0 Å². The first kappa shape index (κ1) is 25.0. The highest BCUT2D eigenvalue weighted by Gasteiger charge is 2.23. The Morgan fingerprint density at radius 1 is 1.03 bits per heavy atom. The van der Waals surface area contributed by atoms with E-state index >= 15 is 0 Å². The normalized spacial score (nSPS) is 15.2. The molecule has 1 N–H and O–H groups in total. The number of ether oxygens (including phenoxy) is 2. The molecule has 0 atom stereocenters. The first-order valence-corrected chi connectivity index (χ1v) is 11.0. The third-order valence-electron chi connectivity index (χ3n) is 4.85. The largest absolute Gasteiger partial charge is 0.495 e. The molecule has 0 radical (unpaired) electrons. The van der Waals surface area contributed by atoms with Crippen molar-refractivity contribution in [1.82, 2.24) is 4.90 Å². The third kappa shape index (κ3) is 6.34. The van der Waals surface area contributed by atoms with Gasteiger partial charge in [0.2, 0.25) is 0 Å². The van der Waals surface area contributed by atoms with Gasteiger partial charge in [-0.25, -0.2) is 8.42 Å². The van der Waals surface area contributed by atoms with Gasteiger partial charge in [0.05, 0.1) is 18.5 Å². The lowest BCUT2D eigenvalue weighted by atomic mass is 10.2. The van der Waals surface area contributed by atoms with E-state index in [1.54, 1.807) is 25.3 Å². The summed E-state index contributed by atoms with van der Waals surface area (Å²) in [5, 5.41) is 0. The number of hydrogen-bond acceptors (Lipinski definition) is 6. The fourth-order valence-corrected chi connectivity index (χ4v) is 4.55. The van der Waals surface area contributed by atoms with Crippen LogP contribution in [0.25, 0.3) is 0 Å². The van der Waals surface area contributed by atoms with E-state index in [0.717, 1.165) is 38.3 Å². The molecule has 172 valence electrons. The number of para-hydroxylation sites is 1. The van der Waals surface area contributed by atoms with E-state index in [2.05, 4.69) is 26.3 Å². The molecule has 3 rings (SSSR count). The minimum Gasteiger partial charge on any atom is -0.495 e. The lowest BCUT2D eigenvalue weighted by Crippen LogP contribution is -2.29. The summed E-state index contributed by atoms with van der Waals surface area (Å²) in [5.74, 6) is 0.216. The second-order valence-corrected chi connectivity index (χ2v) is 8.61. The minimum absolute atomic E-state index is 0. The first-order chi connectivity index (χ1) is 14.3. The Bertz CT molecular complexity index is 979. The molecule has 0 saturated carbocycles. The summed E-state index contributed by atoms with van der Waals surface area (Å²) in [7, 11) is -0.529.